The highest BCUT2D eigenvalue weighted by Crippen LogP contribution is 2.44. The van der Waals surface area contributed by atoms with Crippen LogP contribution in [-0.2, 0) is 15.3 Å². The Bertz CT molecular complexity index is 1610. The molecule has 2 heterocycles. The zero-order valence-corrected chi connectivity index (χ0v) is 25.1. The Labute approximate surface area is 255 Å². The van der Waals surface area contributed by atoms with E-state index in [-0.39, 0.29) is 16.5 Å². The second kappa shape index (κ2) is 13.1. The molecule has 1 aromatic heterocycles. The van der Waals surface area contributed by atoms with E-state index in [0.29, 0.717) is 43.6 Å². The number of hydrogen-bond acceptors (Lipinski definition) is 8. The number of Topliss-reactive ketones (excluding diaryl/α,β-unsaturated/α-hetero) is 1. The van der Waals surface area contributed by atoms with Crippen LogP contribution >= 0.6 is 46.3 Å². The van der Waals surface area contributed by atoms with Gasteiger partial charge in [0.2, 0.25) is 5.13 Å². The van der Waals surface area contributed by atoms with Crippen molar-refractivity contribution in [3.8, 4) is 5.75 Å². The van der Waals surface area contributed by atoms with Crippen LogP contribution in [0.5, 0.6) is 5.75 Å². The molecule has 7 nitrogen and oxygen atoms in total. The third-order valence-electron chi connectivity index (χ3n) is 6.41. The summed E-state index contributed by atoms with van der Waals surface area (Å²) < 4.78 is 6.32. The first-order chi connectivity index (χ1) is 19.9. The first kappa shape index (κ1) is 29.1. The molecular weight excluding hydrogens is 601 g/mol. The Balaban J connectivity index is 1.49. The average Bonchev–Trinajstić information content (AvgIpc) is 3.54. The van der Waals surface area contributed by atoms with Crippen molar-refractivity contribution in [2.45, 2.75) is 35.9 Å². The van der Waals surface area contributed by atoms with Gasteiger partial charge in [-0.2, -0.15) is 0 Å². The molecule has 1 aliphatic heterocycles. The van der Waals surface area contributed by atoms with E-state index < -0.39 is 17.7 Å². The number of aliphatic hydroxyl groups is 1. The van der Waals surface area contributed by atoms with Crippen molar-refractivity contribution >= 4 is 68.9 Å². The highest BCUT2D eigenvalue weighted by Gasteiger charge is 2.48. The lowest BCUT2D eigenvalue weighted by molar-refractivity contribution is -0.132. The number of ketones is 1. The number of anilines is 1. The number of thioether (sulfide) groups is 1. The van der Waals surface area contributed by atoms with Gasteiger partial charge >= 0.3 is 5.91 Å². The van der Waals surface area contributed by atoms with Gasteiger partial charge in [-0.05, 0) is 60.0 Å². The second-order valence-electron chi connectivity index (χ2n) is 9.18. The highest BCUT2D eigenvalue weighted by atomic mass is 35.5. The summed E-state index contributed by atoms with van der Waals surface area (Å²) >= 11 is 15.2. The number of hydrogen-bond donors (Lipinski definition) is 1. The summed E-state index contributed by atoms with van der Waals surface area (Å²) in [5.41, 5.74) is 1.82. The normalized spacial score (nSPS) is 16.4. The van der Waals surface area contributed by atoms with Gasteiger partial charge in [0.25, 0.3) is 5.78 Å². The summed E-state index contributed by atoms with van der Waals surface area (Å²) in [6.07, 6.45) is 1.94. The number of aliphatic hydroxyl groups excluding tert-OH is 1. The van der Waals surface area contributed by atoms with Crippen molar-refractivity contribution in [3.05, 3.63) is 105 Å². The molecular formula is C30H25Cl2N3O4S2. The highest BCUT2D eigenvalue weighted by molar-refractivity contribution is 8.00. The molecule has 41 heavy (non-hydrogen) atoms. The average molecular weight is 627 g/mol. The predicted octanol–water partition coefficient (Wildman–Crippen LogP) is 7.94. The molecule has 1 saturated heterocycles. The Kier molecular flexibility index (Phi) is 9.29. The lowest BCUT2D eigenvalue weighted by Gasteiger charge is -2.22. The summed E-state index contributed by atoms with van der Waals surface area (Å²) in [7, 11) is 0. The molecule has 1 unspecified atom stereocenters. The second-order valence-corrected chi connectivity index (χ2v) is 12.2. The molecule has 4 aromatic rings. The van der Waals surface area contributed by atoms with Gasteiger partial charge in [-0.25, -0.2) is 0 Å². The van der Waals surface area contributed by atoms with Gasteiger partial charge in [-0.3, -0.25) is 14.5 Å². The van der Waals surface area contributed by atoms with Crippen LogP contribution in [0.2, 0.25) is 10.0 Å². The lowest BCUT2D eigenvalue weighted by atomic mass is 9.95. The number of ether oxygens (including phenoxy) is 1. The molecule has 1 aliphatic rings. The summed E-state index contributed by atoms with van der Waals surface area (Å²) in [6, 6.07) is 20.2. The van der Waals surface area contributed by atoms with Crippen LogP contribution in [-0.4, -0.2) is 33.6 Å². The summed E-state index contributed by atoms with van der Waals surface area (Å²) in [6.45, 7) is 2.67. The fourth-order valence-electron chi connectivity index (χ4n) is 4.33. The van der Waals surface area contributed by atoms with E-state index in [0.717, 1.165) is 18.4 Å². The van der Waals surface area contributed by atoms with Gasteiger partial charge in [0.15, 0.2) is 4.34 Å². The molecule has 0 aliphatic carbocycles. The number of unbranched alkanes of at least 4 members (excludes halogenated alkanes) is 1. The van der Waals surface area contributed by atoms with Gasteiger partial charge in [0.05, 0.1) is 18.2 Å². The van der Waals surface area contributed by atoms with Crippen LogP contribution in [0.4, 0.5) is 5.13 Å². The maximum atomic E-state index is 13.4. The Morgan fingerprint density at radius 3 is 2.56 bits per heavy atom. The number of carbonyl (C=O) groups is 2. The van der Waals surface area contributed by atoms with Gasteiger partial charge < -0.3 is 9.84 Å². The third-order valence-corrected chi connectivity index (χ3v) is 9.12. The zero-order valence-electron chi connectivity index (χ0n) is 21.9. The van der Waals surface area contributed by atoms with E-state index in [9.17, 15) is 14.7 Å². The fourth-order valence-corrected chi connectivity index (χ4v) is 6.69. The van der Waals surface area contributed by atoms with Gasteiger partial charge in [-0.1, -0.05) is 90.0 Å². The van der Waals surface area contributed by atoms with Gasteiger partial charge in [0.1, 0.15) is 11.5 Å². The summed E-state index contributed by atoms with van der Waals surface area (Å²) in [4.78, 5) is 28.2. The van der Waals surface area contributed by atoms with Crippen molar-refractivity contribution in [2.75, 3.05) is 11.5 Å². The van der Waals surface area contributed by atoms with Crippen LogP contribution in [0.1, 0.15) is 42.5 Å². The number of aromatic nitrogens is 2. The number of halogens is 2. The molecule has 0 saturated carbocycles. The number of rotatable bonds is 10. The number of amides is 1. The van der Waals surface area contributed by atoms with Crippen molar-refractivity contribution in [2.24, 2.45) is 0 Å². The third kappa shape index (κ3) is 6.43. The molecule has 3 aromatic carbocycles. The molecule has 5 rings (SSSR count). The molecule has 0 radical (unpaired) electrons. The molecule has 0 spiro atoms. The van der Waals surface area contributed by atoms with Crippen molar-refractivity contribution in [1.29, 1.82) is 0 Å². The van der Waals surface area contributed by atoms with Crippen LogP contribution in [0.25, 0.3) is 5.76 Å². The minimum Gasteiger partial charge on any atom is -0.507 e. The van der Waals surface area contributed by atoms with Crippen LogP contribution < -0.4 is 9.64 Å². The van der Waals surface area contributed by atoms with E-state index in [2.05, 4.69) is 17.1 Å². The van der Waals surface area contributed by atoms with Crippen LogP contribution in [0.15, 0.2) is 82.7 Å². The Morgan fingerprint density at radius 2 is 1.83 bits per heavy atom. The number of benzene rings is 3. The fraction of sp³-hybridized carbons (Fsp3) is 0.200. The van der Waals surface area contributed by atoms with Crippen LogP contribution in [0.3, 0.4) is 0 Å². The molecule has 210 valence electrons. The molecule has 0 bridgehead atoms. The zero-order chi connectivity index (χ0) is 28.9. The van der Waals surface area contributed by atoms with Gasteiger partial charge in [-0.15, -0.1) is 10.2 Å². The SMILES string of the molecule is CCCCOc1ccc(C(O)=C2C(=O)C(=O)N(c3nnc(SCc4ccccc4Cl)s3)C2c2cccc(Cl)c2)cc1. The topological polar surface area (TPSA) is 92.6 Å². The summed E-state index contributed by atoms with van der Waals surface area (Å²) in [5.74, 6) is -0.722. The van der Waals surface area contributed by atoms with Crippen molar-refractivity contribution < 1.29 is 19.4 Å². The minimum absolute atomic E-state index is 0.0580. The maximum absolute atomic E-state index is 13.4. The number of nitrogens with zero attached hydrogens (tertiary/aromatic N) is 3. The first-order valence-corrected chi connectivity index (χ1v) is 15.4. The van der Waals surface area contributed by atoms with Crippen molar-refractivity contribution in [1.82, 2.24) is 10.2 Å². The largest absolute Gasteiger partial charge is 0.507 e. The van der Waals surface area contributed by atoms with Crippen LogP contribution in [0, 0.1) is 0 Å². The molecule has 11 heteroatoms. The molecule has 1 atom stereocenters. The quantitative estimate of drug-likeness (QED) is 0.0477. The van der Waals surface area contributed by atoms with Gasteiger partial charge in [0, 0.05) is 21.4 Å². The maximum Gasteiger partial charge on any atom is 0.301 e. The smallest absolute Gasteiger partial charge is 0.301 e. The standard InChI is InChI=1S/C30H25Cl2N3O4S2/c1-2-3-15-39-22-13-11-18(12-14-22)26(36)24-25(19-8-6-9-21(31)16-19)35(28(38)27(24)37)29-33-34-30(41-29)40-17-20-7-4-5-10-23(20)32/h4-14,16,25,36H,2-3,15,17H2,1H3. The number of carbonyl (C=O) groups excluding carboxylic acids is 2. The lowest BCUT2D eigenvalue weighted by Crippen LogP contribution is -2.29. The van der Waals surface area contributed by atoms with E-state index in [1.165, 1.54) is 28.0 Å². The molecule has 1 fully saturated rings. The van der Waals surface area contributed by atoms with E-state index in [1.807, 2.05) is 24.3 Å². The molecule has 1 amide bonds. The monoisotopic (exact) mass is 625 g/mol. The van der Waals surface area contributed by atoms with E-state index >= 15 is 0 Å². The summed E-state index contributed by atoms with van der Waals surface area (Å²) in [5, 5.41) is 21.2. The van der Waals surface area contributed by atoms with E-state index in [4.69, 9.17) is 27.9 Å². The molecule has 1 N–H and O–H groups in total. The Hall–Kier alpha value is -3.37. The van der Waals surface area contributed by atoms with Crippen molar-refractivity contribution in [3.63, 3.8) is 0 Å². The van der Waals surface area contributed by atoms with E-state index in [1.54, 1.807) is 48.5 Å². The predicted molar refractivity (Wildman–Crippen MR) is 164 cm³/mol. The minimum atomic E-state index is -0.955. The Morgan fingerprint density at radius 1 is 1.05 bits per heavy atom. The first-order valence-electron chi connectivity index (χ1n) is 12.9.